The fourth-order valence-corrected chi connectivity index (χ4v) is 3.56. The van der Waals surface area contributed by atoms with Crippen LogP contribution in [0.25, 0.3) is 10.8 Å². The number of benzene rings is 2. The molecule has 2 aromatic carbocycles. The molecule has 2 aliphatic rings. The summed E-state index contributed by atoms with van der Waals surface area (Å²) in [5.41, 5.74) is 0.611. The van der Waals surface area contributed by atoms with Gasteiger partial charge in [0.25, 0.3) is 5.91 Å². The van der Waals surface area contributed by atoms with Gasteiger partial charge in [-0.2, -0.15) is 0 Å². The summed E-state index contributed by atoms with van der Waals surface area (Å²) in [5.74, 6) is 0.155. The number of fused-ring (bicyclic) bond motifs is 1. The highest BCUT2D eigenvalue weighted by molar-refractivity contribution is 6.01. The van der Waals surface area contributed by atoms with Crippen molar-refractivity contribution >= 4 is 16.7 Å². The number of carbonyl (C=O) groups is 1. The average molecular weight is 327 g/mol. The summed E-state index contributed by atoms with van der Waals surface area (Å²) < 4.78 is 16.9. The second-order valence-corrected chi connectivity index (χ2v) is 6.30. The molecule has 0 N–H and O–H groups in total. The van der Waals surface area contributed by atoms with Gasteiger partial charge in [0, 0.05) is 25.9 Å². The monoisotopic (exact) mass is 327 g/mol. The lowest BCUT2D eigenvalue weighted by atomic mass is 10.0. The lowest BCUT2D eigenvalue weighted by molar-refractivity contribution is -0.181. The molecule has 126 valence electrons. The normalized spacial score (nSPS) is 19.8. The number of carbonyl (C=O) groups excluding carboxylic acids is 1. The molecule has 24 heavy (non-hydrogen) atoms. The number of ether oxygens (including phenoxy) is 3. The van der Waals surface area contributed by atoms with E-state index in [1.807, 2.05) is 41.3 Å². The molecule has 2 aliphatic heterocycles. The highest BCUT2D eigenvalue weighted by Gasteiger charge is 2.41. The lowest BCUT2D eigenvalue weighted by Crippen LogP contribution is -2.47. The van der Waals surface area contributed by atoms with Crippen LogP contribution in [0.2, 0.25) is 0 Å². The van der Waals surface area contributed by atoms with E-state index >= 15 is 0 Å². The zero-order valence-electron chi connectivity index (χ0n) is 13.8. The van der Waals surface area contributed by atoms with Crippen molar-refractivity contribution in [3.8, 4) is 5.75 Å². The minimum atomic E-state index is -0.468. The van der Waals surface area contributed by atoms with Crippen LogP contribution in [-0.4, -0.2) is 50.0 Å². The third-order valence-electron chi connectivity index (χ3n) is 4.92. The van der Waals surface area contributed by atoms with E-state index in [4.69, 9.17) is 14.2 Å². The van der Waals surface area contributed by atoms with Crippen LogP contribution >= 0.6 is 0 Å². The molecule has 4 rings (SSSR count). The zero-order chi connectivity index (χ0) is 16.6. The Kier molecular flexibility index (Phi) is 3.90. The van der Waals surface area contributed by atoms with Gasteiger partial charge in [-0.3, -0.25) is 4.79 Å². The van der Waals surface area contributed by atoms with Crippen LogP contribution < -0.4 is 4.74 Å². The van der Waals surface area contributed by atoms with Gasteiger partial charge in [-0.1, -0.05) is 24.3 Å². The van der Waals surface area contributed by atoms with E-state index in [2.05, 4.69) is 0 Å². The molecule has 0 bridgehead atoms. The molecule has 0 aromatic heterocycles. The Labute approximate surface area is 141 Å². The third kappa shape index (κ3) is 2.64. The molecular weight excluding hydrogens is 306 g/mol. The Bertz CT molecular complexity index is 757. The number of likely N-dealkylation sites (tertiary alicyclic amines) is 1. The summed E-state index contributed by atoms with van der Waals surface area (Å²) in [6.45, 7) is 2.56. The Hall–Kier alpha value is -2.11. The van der Waals surface area contributed by atoms with Crippen LogP contribution in [0.5, 0.6) is 5.75 Å². The number of nitrogens with zero attached hydrogens (tertiary/aromatic N) is 1. The molecular formula is C19H21NO4. The van der Waals surface area contributed by atoms with Crippen LogP contribution in [0.3, 0.4) is 0 Å². The van der Waals surface area contributed by atoms with Crippen molar-refractivity contribution in [2.24, 2.45) is 0 Å². The summed E-state index contributed by atoms with van der Waals surface area (Å²) in [6, 6.07) is 11.8. The van der Waals surface area contributed by atoms with Gasteiger partial charge in [-0.25, -0.2) is 0 Å². The molecule has 5 heteroatoms. The molecule has 0 aliphatic carbocycles. The number of methoxy groups -OCH3 is 1. The second-order valence-electron chi connectivity index (χ2n) is 6.30. The van der Waals surface area contributed by atoms with E-state index < -0.39 is 5.79 Å². The van der Waals surface area contributed by atoms with Crippen LogP contribution in [0, 0.1) is 0 Å². The molecule has 0 saturated carbocycles. The highest BCUT2D eigenvalue weighted by Crippen LogP contribution is 2.33. The van der Waals surface area contributed by atoms with Crippen molar-refractivity contribution in [2.75, 3.05) is 33.4 Å². The highest BCUT2D eigenvalue weighted by atomic mass is 16.7. The molecule has 2 aromatic rings. The molecule has 0 atom stereocenters. The first-order valence-electron chi connectivity index (χ1n) is 8.35. The third-order valence-corrected chi connectivity index (χ3v) is 4.92. The number of hydrogen-bond donors (Lipinski definition) is 0. The predicted molar refractivity (Wildman–Crippen MR) is 90.3 cm³/mol. The topological polar surface area (TPSA) is 48.0 Å². The molecule has 0 unspecified atom stereocenters. The van der Waals surface area contributed by atoms with Crippen molar-refractivity contribution in [3.05, 3.63) is 42.0 Å². The van der Waals surface area contributed by atoms with Gasteiger partial charge in [-0.15, -0.1) is 0 Å². The molecule has 0 radical (unpaired) electrons. The van der Waals surface area contributed by atoms with Gasteiger partial charge in [0.15, 0.2) is 5.79 Å². The Morgan fingerprint density at radius 1 is 1.08 bits per heavy atom. The minimum absolute atomic E-state index is 0.00505. The van der Waals surface area contributed by atoms with Gasteiger partial charge in [-0.05, 0) is 22.9 Å². The van der Waals surface area contributed by atoms with Crippen molar-refractivity contribution in [1.29, 1.82) is 0 Å². The summed E-state index contributed by atoms with van der Waals surface area (Å²) >= 11 is 0. The fourth-order valence-electron chi connectivity index (χ4n) is 3.56. The summed E-state index contributed by atoms with van der Waals surface area (Å²) in [7, 11) is 1.60. The summed E-state index contributed by atoms with van der Waals surface area (Å²) in [4.78, 5) is 14.9. The standard InChI is InChI=1S/C19H21NO4/c1-22-17-13-15-5-3-2-4-14(15)12-16(17)18(21)20-8-6-19(7-9-20)23-10-11-24-19/h2-5,12-13H,6-11H2,1H3. The maximum atomic E-state index is 13.0. The quantitative estimate of drug-likeness (QED) is 0.851. The number of hydrogen-bond acceptors (Lipinski definition) is 4. The molecule has 2 saturated heterocycles. The van der Waals surface area contributed by atoms with Crippen molar-refractivity contribution < 1.29 is 19.0 Å². The molecule has 2 heterocycles. The van der Waals surface area contributed by atoms with Gasteiger partial charge in [0.05, 0.1) is 25.9 Å². The lowest BCUT2D eigenvalue weighted by Gasteiger charge is -2.37. The van der Waals surface area contributed by atoms with E-state index in [-0.39, 0.29) is 5.91 Å². The van der Waals surface area contributed by atoms with E-state index in [0.717, 1.165) is 10.8 Å². The Balaban J connectivity index is 1.59. The fraction of sp³-hybridized carbons (Fsp3) is 0.421. The van der Waals surface area contributed by atoms with Gasteiger partial charge in [0.1, 0.15) is 5.75 Å². The van der Waals surface area contributed by atoms with E-state index in [0.29, 0.717) is 50.5 Å². The number of piperidine rings is 1. The minimum Gasteiger partial charge on any atom is -0.496 e. The predicted octanol–water partition coefficient (Wildman–Crippen LogP) is 2.83. The first-order chi connectivity index (χ1) is 11.7. The van der Waals surface area contributed by atoms with Gasteiger partial charge in [0.2, 0.25) is 0 Å². The number of amides is 1. The molecule has 2 fully saturated rings. The zero-order valence-corrected chi connectivity index (χ0v) is 13.8. The average Bonchev–Trinajstić information content (AvgIpc) is 3.08. The number of rotatable bonds is 2. The maximum Gasteiger partial charge on any atom is 0.257 e. The largest absolute Gasteiger partial charge is 0.496 e. The summed E-state index contributed by atoms with van der Waals surface area (Å²) in [6.07, 6.45) is 1.43. The second kappa shape index (κ2) is 6.07. The van der Waals surface area contributed by atoms with E-state index in [9.17, 15) is 4.79 Å². The first-order valence-corrected chi connectivity index (χ1v) is 8.35. The van der Waals surface area contributed by atoms with Gasteiger partial charge >= 0.3 is 0 Å². The Morgan fingerprint density at radius 3 is 2.33 bits per heavy atom. The maximum absolute atomic E-state index is 13.0. The van der Waals surface area contributed by atoms with Crippen molar-refractivity contribution in [2.45, 2.75) is 18.6 Å². The summed E-state index contributed by atoms with van der Waals surface area (Å²) in [5, 5.41) is 2.11. The first kappa shape index (κ1) is 15.4. The van der Waals surface area contributed by atoms with Crippen LogP contribution in [0.1, 0.15) is 23.2 Å². The SMILES string of the molecule is COc1cc2ccccc2cc1C(=O)N1CCC2(CC1)OCCO2. The molecule has 1 spiro atoms. The van der Waals surface area contributed by atoms with Crippen molar-refractivity contribution in [1.82, 2.24) is 4.90 Å². The molecule has 5 nitrogen and oxygen atoms in total. The van der Waals surface area contributed by atoms with Crippen LogP contribution in [-0.2, 0) is 9.47 Å². The van der Waals surface area contributed by atoms with Crippen LogP contribution in [0.4, 0.5) is 0 Å². The van der Waals surface area contributed by atoms with E-state index in [1.54, 1.807) is 7.11 Å². The van der Waals surface area contributed by atoms with E-state index in [1.165, 1.54) is 0 Å². The Morgan fingerprint density at radius 2 is 1.71 bits per heavy atom. The van der Waals surface area contributed by atoms with Gasteiger partial charge < -0.3 is 19.1 Å². The smallest absolute Gasteiger partial charge is 0.257 e. The van der Waals surface area contributed by atoms with Crippen molar-refractivity contribution in [3.63, 3.8) is 0 Å². The molecule has 1 amide bonds. The van der Waals surface area contributed by atoms with Crippen LogP contribution in [0.15, 0.2) is 36.4 Å².